The van der Waals surface area contributed by atoms with Gasteiger partial charge in [-0.1, -0.05) is 18.6 Å². The summed E-state index contributed by atoms with van der Waals surface area (Å²) in [5.41, 5.74) is 1.24. The van der Waals surface area contributed by atoms with Gasteiger partial charge >= 0.3 is 5.97 Å². The second-order valence-corrected chi connectivity index (χ2v) is 5.97. The third-order valence-corrected chi connectivity index (χ3v) is 4.03. The summed E-state index contributed by atoms with van der Waals surface area (Å²) in [7, 11) is 0. The summed E-state index contributed by atoms with van der Waals surface area (Å²) in [5.74, 6) is 1.70. The first-order valence-corrected chi connectivity index (χ1v) is 8.49. The number of ether oxygens (including phenoxy) is 2. The Balaban J connectivity index is 2.05. The molecule has 110 valence electrons. The number of hydrogen-bond acceptors (Lipinski definition) is 4. The van der Waals surface area contributed by atoms with Gasteiger partial charge in [-0.15, -0.1) is 11.8 Å². The highest BCUT2D eigenvalue weighted by Gasteiger charge is 2.28. The molecule has 1 fully saturated rings. The molecule has 0 radical (unpaired) electrons. The third kappa shape index (κ3) is 4.17. The van der Waals surface area contributed by atoms with Gasteiger partial charge < -0.3 is 9.47 Å². The summed E-state index contributed by atoms with van der Waals surface area (Å²) in [6, 6.07) is 8.21. The second-order valence-electron chi connectivity index (χ2n) is 5.16. The standard InChI is InChI=1S/C16H22O3S/c1-12(17)19-16-6-4-3-5-15(16)13-7-9-14(10-8-13)18-11-20-2/h7-10,15-16H,3-6,11H2,1-2H3. The predicted octanol–water partition coefficient (Wildman–Crippen LogP) is 3.98. The highest BCUT2D eigenvalue weighted by molar-refractivity contribution is 7.98. The number of rotatable bonds is 5. The molecule has 2 unspecified atom stereocenters. The van der Waals surface area contributed by atoms with Gasteiger partial charge in [-0.25, -0.2) is 0 Å². The Morgan fingerprint density at radius 2 is 1.95 bits per heavy atom. The fourth-order valence-electron chi connectivity index (χ4n) is 2.77. The van der Waals surface area contributed by atoms with E-state index >= 15 is 0 Å². The maximum Gasteiger partial charge on any atom is 0.302 e. The van der Waals surface area contributed by atoms with Crippen LogP contribution < -0.4 is 4.74 Å². The molecule has 2 atom stereocenters. The molecule has 20 heavy (non-hydrogen) atoms. The molecule has 0 amide bonds. The van der Waals surface area contributed by atoms with Crippen LogP contribution in [0.15, 0.2) is 24.3 Å². The lowest BCUT2D eigenvalue weighted by atomic mass is 9.81. The van der Waals surface area contributed by atoms with Crippen molar-refractivity contribution in [1.82, 2.24) is 0 Å². The summed E-state index contributed by atoms with van der Waals surface area (Å²) in [4.78, 5) is 11.2. The van der Waals surface area contributed by atoms with Gasteiger partial charge in [0.05, 0.1) is 0 Å². The maximum atomic E-state index is 11.2. The molecule has 3 nitrogen and oxygen atoms in total. The zero-order chi connectivity index (χ0) is 14.4. The largest absolute Gasteiger partial charge is 0.483 e. The minimum absolute atomic E-state index is 0.0271. The van der Waals surface area contributed by atoms with E-state index in [1.807, 2.05) is 18.4 Å². The normalized spacial score (nSPS) is 22.3. The van der Waals surface area contributed by atoms with Crippen LogP contribution in [-0.2, 0) is 9.53 Å². The molecular formula is C16H22O3S. The summed E-state index contributed by atoms with van der Waals surface area (Å²) in [6.45, 7) is 1.49. The maximum absolute atomic E-state index is 11.2. The molecule has 0 heterocycles. The lowest BCUT2D eigenvalue weighted by Crippen LogP contribution is -2.27. The molecule has 2 rings (SSSR count). The van der Waals surface area contributed by atoms with Crippen molar-refractivity contribution in [2.24, 2.45) is 0 Å². The van der Waals surface area contributed by atoms with Crippen LogP contribution in [0.2, 0.25) is 0 Å². The van der Waals surface area contributed by atoms with Crippen molar-refractivity contribution in [3.63, 3.8) is 0 Å². The number of carbonyl (C=O) groups is 1. The monoisotopic (exact) mass is 294 g/mol. The Hall–Kier alpha value is -1.16. The van der Waals surface area contributed by atoms with Crippen LogP contribution in [0.1, 0.15) is 44.1 Å². The first-order valence-electron chi connectivity index (χ1n) is 7.09. The topological polar surface area (TPSA) is 35.5 Å². The fraction of sp³-hybridized carbons (Fsp3) is 0.562. The molecule has 0 bridgehead atoms. The highest BCUT2D eigenvalue weighted by Crippen LogP contribution is 2.35. The van der Waals surface area contributed by atoms with Crippen LogP contribution in [0.25, 0.3) is 0 Å². The zero-order valence-electron chi connectivity index (χ0n) is 12.1. The molecule has 0 aromatic heterocycles. The number of benzene rings is 1. The smallest absolute Gasteiger partial charge is 0.302 e. The van der Waals surface area contributed by atoms with Gasteiger partial charge in [-0.2, -0.15) is 0 Å². The quantitative estimate of drug-likeness (QED) is 0.608. The predicted molar refractivity (Wildman–Crippen MR) is 82.2 cm³/mol. The Bertz CT molecular complexity index is 430. The molecule has 0 aliphatic heterocycles. The van der Waals surface area contributed by atoms with Gasteiger partial charge in [0.15, 0.2) is 0 Å². The molecular weight excluding hydrogens is 272 g/mol. The van der Waals surface area contributed by atoms with E-state index in [0.29, 0.717) is 11.9 Å². The van der Waals surface area contributed by atoms with Crippen molar-refractivity contribution < 1.29 is 14.3 Å². The molecule has 1 aliphatic rings. The molecule has 4 heteroatoms. The number of carbonyl (C=O) groups excluding carboxylic acids is 1. The van der Waals surface area contributed by atoms with E-state index < -0.39 is 0 Å². The SMILES string of the molecule is CSCOc1ccc(C2CCCCC2OC(C)=O)cc1. The summed E-state index contributed by atoms with van der Waals surface area (Å²) >= 11 is 1.66. The fourth-order valence-corrected chi connectivity index (χ4v) is 3.02. The van der Waals surface area contributed by atoms with E-state index in [9.17, 15) is 4.79 Å². The zero-order valence-corrected chi connectivity index (χ0v) is 12.9. The molecule has 1 saturated carbocycles. The minimum atomic E-state index is -0.179. The summed E-state index contributed by atoms with van der Waals surface area (Å²) < 4.78 is 11.0. The highest BCUT2D eigenvalue weighted by atomic mass is 32.2. The van der Waals surface area contributed by atoms with E-state index in [4.69, 9.17) is 9.47 Å². The van der Waals surface area contributed by atoms with Crippen LogP contribution in [0.3, 0.4) is 0 Å². The van der Waals surface area contributed by atoms with Gasteiger partial charge in [-0.05, 0) is 43.2 Å². The van der Waals surface area contributed by atoms with Gasteiger partial charge in [0.25, 0.3) is 0 Å². The van der Waals surface area contributed by atoms with Crippen molar-refractivity contribution >= 4 is 17.7 Å². The first kappa shape index (κ1) is 15.2. The second kappa shape index (κ2) is 7.58. The molecule has 1 aromatic rings. The van der Waals surface area contributed by atoms with E-state index in [-0.39, 0.29) is 12.1 Å². The Morgan fingerprint density at radius 1 is 1.25 bits per heavy atom. The molecule has 1 aliphatic carbocycles. The summed E-state index contributed by atoms with van der Waals surface area (Å²) in [6.07, 6.45) is 6.44. The van der Waals surface area contributed by atoms with Gasteiger partial charge in [0, 0.05) is 12.8 Å². The van der Waals surface area contributed by atoms with Crippen molar-refractivity contribution in [2.75, 3.05) is 12.2 Å². The van der Waals surface area contributed by atoms with E-state index in [2.05, 4.69) is 12.1 Å². The molecule has 0 saturated heterocycles. The van der Waals surface area contributed by atoms with E-state index in [1.165, 1.54) is 18.9 Å². The Labute approximate surface area is 125 Å². The van der Waals surface area contributed by atoms with Crippen LogP contribution >= 0.6 is 11.8 Å². The van der Waals surface area contributed by atoms with Crippen LogP contribution in [0, 0.1) is 0 Å². The van der Waals surface area contributed by atoms with Crippen LogP contribution in [-0.4, -0.2) is 24.3 Å². The van der Waals surface area contributed by atoms with Gasteiger partial charge in [0.2, 0.25) is 0 Å². The average molecular weight is 294 g/mol. The Kier molecular flexibility index (Phi) is 5.77. The van der Waals surface area contributed by atoms with Crippen molar-refractivity contribution in [1.29, 1.82) is 0 Å². The van der Waals surface area contributed by atoms with E-state index in [1.54, 1.807) is 11.8 Å². The average Bonchev–Trinajstić information content (AvgIpc) is 2.46. The number of hydrogen-bond donors (Lipinski definition) is 0. The first-order chi connectivity index (χ1) is 9.70. The van der Waals surface area contributed by atoms with Crippen LogP contribution in [0.5, 0.6) is 5.75 Å². The van der Waals surface area contributed by atoms with Crippen molar-refractivity contribution in [3.8, 4) is 5.75 Å². The Morgan fingerprint density at radius 3 is 2.60 bits per heavy atom. The third-order valence-electron chi connectivity index (χ3n) is 3.67. The van der Waals surface area contributed by atoms with Crippen molar-refractivity contribution in [3.05, 3.63) is 29.8 Å². The van der Waals surface area contributed by atoms with Gasteiger partial charge in [0.1, 0.15) is 17.8 Å². The lowest BCUT2D eigenvalue weighted by Gasteiger charge is -2.31. The number of esters is 1. The molecule has 1 aromatic carbocycles. The summed E-state index contributed by atoms with van der Waals surface area (Å²) in [5, 5.41) is 0. The molecule has 0 N–H and O–H groups in total. The lowest BCUT2D eigenvalue weighted by molar-refractivity contribution is -0.148. The van der Waals surface area contributed by atoms with Crippen LogP contribution in [0.4, 0.5) is 0 Å². The van der Waals surface area contributed by atoms with E-state index in [0.717, 1.165) is 25.0 Å². The van der Waals surface area contributed by atoms with Crippen molar-refractivity contribution in [2.45, 2.75) is 44.6 Å². The number of thioether (sulfide) groups is 1. The molecule has 0 spiro atoms. The van der Waals surface area contributed by atoms with Gasteiger partial charge in [-0.3, -0.25) is 4.79 Å². The minimum Gasteiger partial charge on any atom is -0.483 e.